The predicted octanol–water partition coefficient (Wildman–Crippen LogP) is 1.66. The van der Waals surface area contributed by atoms with E-state index in [1.165, 1.54) is 6.33 Å². The maximum absolute atomic E-state index is 11.2. The van der Waals surface area contributed by atoms with Gasteiger partial charge < -0.3 is 9.88 Å². The first-order valence-electron chi connectivity index (χ1n) is 4.57. The molecule has 1 rings (SSSR count). The summed E-state index contributed by atoms with van der Waals surface area (Å²) in [6, 6.07) is 0.270. The zero-order valence-electron chi connectivity index (χ0n) is 8.54. The van der Waals surface area contributed by atoms with Gasteiger partial charge in [0, 0.05) is 12.6 Å². The standard InChI is InChI=1S/C9H14ClN3O/c1-4-13(6(2)3)8-7(10)9(14)12-5-11-8/h5-6H,4H2,1-3H3,(H,11,12,14). The smallest absolute Gasteiger partial charge is 0.271 e. The number of nitrogens with zero attached hydrogens (tertiary/aromatic N) is 2. The van der Waals surface area contributed by atoms with Crippen LogP contribution < -0.4 is 10.5 Å². The Morgan fingerprint density at radius 1 is 1.64 bits per heavy atom. The fourth-order valence-electron chi connectivity index (χ4n) is 1.33. The normalized spacial score (nSPS) is 10.6. The summed E-state index contributed by atoms with van der Waals surface area (Å²) in [6.07, 6.45) is 1.37. The highest BCUT2D eigenvalue weighted by Crippen LogP contribution is 2.19. The molecule has 0 aliphatic rings. The predicted molar refractivity (Wildman–Crippen MR) is 58.0 cm³/mol. The maximum atomic E-state index is 11.2. The van der Waals surface area contributed by atoms with Crippen molar-refractivity contribution in [3.05, 3.63) is 21.7 Å². The number of rotatable bonds is 3. The molecular weight excluding hydrogens is 202 g/mol. The first kappa shape index (κ1) is 11.0. The second kappa shape index (κ2) is 4.46. The highest BCUT2D eigenvalue weighted by Gasteiger charge is 2.14. The van der Waals surface area contributed by atoms with Gasteiger partial charge in [-0.2, -0.15) is 0 Å². The van der Waals surface area contributed by atoms with Gasteiger partial charge in [-0.25, -0.2) is 4.98 Å². The minimum Gasteiger partial charge on any atom is -0.353 e. The van der Waals surface area contributed by atoms with Crippen molar-refractivity contribution in [2.24, 2.45) is 0 Å². The zero-order chi connectivity index (χ0) is 10.7. The summed E-state index contributed by atoms with van der Waals surface area (Å²) in [4.78, 5) is 19.7. The van der Waals surface area contributed by atoms with Crippen molar-refractivity contribution >= 4 is 17.4 Å². The van der Waals surface area contributed by atoms with E-state index in [-0.39, 0.29) is 16.6 Å². The van der Waals surface area contributed by atoms with Crippen LogP contribution in [0, 0.1) is 0 Å². The topological polar surface area (TPSA) is 49.0 Å². The van der Waals surface area contributed by atoms with Crippen LogP contribution in [0.5, 0.6) is 0 Å². The van der Waals surface area contributed by atoms with E-state index in [2.05, 4.69) is 9.97 Å². The summed E-state index contributed by atoms with van der Waals surface area (Å²) in [5, 5.41) is 0.156. The van der Waals surface area contributed by atoms with Gasteiger partial charge >= 0.3 is 0 Å². The lowest BCUT2D eigenvalue weighted by Gasteiger charge is -2.26. The van der Waals surface area contributed by atoms with Crippen molar-refractivity contribution in [2.45, 2.75) is 26.8 Å². The van der Waals surface area contributed by atoms with Crippen LogP contribution in [0.2, 0.25) is 5.02 Å². The third-order valence-electron chi connectivity index (χ3n) is 2.01. The highest BCUT2D eigenvalue weighted by atomic mass is 35.5. The van der Waals surface area contributed by atoms with Crippen molar-refractivity contribution in [1.82, 2.24) is 9.97 Å². The summed E-state index contributed by atoms with van der Waals surface area (Å²) in [5.41, 5.74) is -0.296. The minimum atomic E-state index is -0.296. The molecule has 0 spiro atoms. The molecule has 1 heterocycles. The van der Waals surface area contributed by atoms with Crippen LogP contribution in [0.3, 0.4) is 0 Å². The number of hydrogen-bond acceptors (Lipinski definition) is 3. The lowest BCUT2D eigenvalue weighted by Crippen LogP contribution is -2.32. The molecule has 0 amide bonds. The van der Waals surface area contributed by atoms with Crippen molar-refractivity contribution in [1.29, 1.82) is 0 Å². The molecule has 4 nitrogen and oxygen atoms in total. The molecule has 0 radical (unpaired) electrons. The molecule has 14 heavy (non-hydrogen) atoms. The number of anilines is 1. The number of nitrogens with one attached hydrogen (secondary N) is 1. The van der Waals surface area contributed by atoms with Crippen LogP contribution in [0.1, 0.15) is 20.8 Å². The average molecular weight is 216 g/mol. The van der Waals surface area contributed by atoms with Crippen molar-refractivity contribution in [3.63, 3.8) is 0 Å². The zero-order valence-corrected chi connectivity index (χ0v) is 9.30. The minimum absolute atomic E-state index is 0.156. The van der Waals surface area contributed by atoms with Gasteiger partial charge in [0.2, 0.25) is 0 Å². The highest BCUT2D eigenvalue weighted by molar-refractivity contribution is 6.32. The SMILES string of the molecule is CCN(c1nc[nH]c(=O)c1Cl)C(C)C. The maximum Gasteiger partial charge on any atom is 0.271 e. The first-order valence-corrected chi connectivity index (χ1v) is 4.95. The van der Waals surface area contributed by atoms with Crippen LogP contribution in [0.4, 0.5) is 5.82 Å². The van der Waals surface area contributed by atoms with E-state index in [4.69, 9.17) is 11.6 Å². The fraction of sp³-hybridized carbons (Fsp3) is 0.556. The summed E-state index contributed by atoms with van der Waals surface area (Å²) in [6.45, 7) is 6.83. The van der Waals surface area contributed by atoms with Crippen LogP contribution >= 0.6 is 11.6 Å². The average Bonchev–Trinajstić information content (AvgIpc) is 2.13. The van der Waals surface area contributed by atoms with E-state index < -0.39 is 0 Å². The second-order valence-electron chi connectivity index (χ2n) is 3.25. The Labute approximate surface area is 87.9 Å². The monoisotopic (exact) mass is 215 g/mol. The van der Waals surface area contributed by atoms with E-state index in [1.807, 2.05) is 25.7 Å². The van der Waals surface area contributed by atoms with Crippen molar-refractivity contribution in [2.75, 3.05) is 11.4 Å². The van der Waals surface area contributed by atoms with E-state index >= 15 is 0 Å². The molecule has 0 aliphatic carbocycles. The number of H-pyrrole nitrogens is 1. The third kappa shape index (κ3) is 2.07. The van der Waals surface area contributed by atoms with E-state index in [0.717, 1.165) is 6.54 Å². The summed E-state index contributed by atoms with van der Waals surface area (Å²) < 4.78 is 0. The Bertz CT molecular complexity index is 361. The van der Waals surface area contributed by atoms with Gasteiger partial charge in [-0.05, 0) is 20.8 Å². The summed E-state index contributed by atoms with van der Waals surface area (Å²) >= 11 is 5.86. The van der Waals surface area contributed by atoms with E-state index in [0.29, 0.717) is 5.82 Å². The largest absolute Gasteiger partial charge is 0.353 e. The Balaban J connectivity index is 3.17. The quantitative estimate of drug-likeness (QED) is 0.834. The van der Waals surface area contributed by atoms with Crippen LogP contribution in [0.25, 0.3) is 0 Å². The first-order chi connectivity index (χ1) is 6.57. The molecule has 0 saturated heterocycles. The molecule has 1 aromatic rings. The molecular formula is C9H14ClN3O. The number of hydrogen-bond donors (Lipinski definition) is 1. The Kier molecular flexibility index (Phi) is 3.52. The van der Waals surface area contributed by atoms with Crippen LogP contribution in [-0.4, -0.2) is 22.6 Å². The van der Waals surface area contributed by atoms with Crippen LogP contribution in [0.15, 0.2) is 11.1 Å². The molecule has 0 saturated carbocycles. The van der Waals surface area contributed by atoms with Gasteiger partial charge in [-0.15, -0.1) is 0 Å². The van der Waals surface area contributed by atoms with Gasteiger partial charge in [0.15, 0.2) is 5.82 Å². The molecule has 0 atom stereocenters. The second-order valence-corrected chi connectivity index (χ2v) is 3.63. The van der Waals surface area contributed by atoms with Gasteiger partial charge in [0.05, 0.1) is 6.33 Å². The molecule has 0 unspecified atom stereocenters. The fourth-order valence-corrected chi connectivity index (χ4v) is 1.55. The molecule has 1 aromatic heterocycles. The summed E-state index contributed by atoms with van der Waals surface area (Å²) in [7, 11) is 0. The lowest BCUT2D eigenvalue weighted by atomic mass is 10.3. The lowest BCUT2D eigenvalue weighted by molar-refractivity contribution is 0.691. The Morgan fingerprint density at radius 2 is 2.29 bits per heavy atom. The van der Waals surface area contributed by atoms with Gasteiger partial charge in [0.1, 0.15) is 5.02 Å². The molecule has 0 bridgehead atoms. The Morgan fingerprint density at radius 3 is 2.79 bits per heavy atom. The number of aromatic nitrogens is 2. The number of aromatic amines is 1. The molecule has 0 aliphatic heterocycles. The Hall–Kier alpha value is -1.03. The summed E-state index contributed by atoms with van der Waals surface area (Å²) in [5.74, 6) is 0.549. The van der Waals surface area contributed by atoms with E-state index in [9.17, 15) is 4.79 Å². The molecule has 0 aromatic carbocycles. The van der Waals surface area contributed by atoms with Gasteiger partial charge in [0.25, 0.3) is 5.56 Å². The third-order valence-corrected chi connectivity index (χ3v) is 2.35. The molecule has 78 valence electrons. The van der Waals surface area contributed by atoms with Crippen molar-refractivity contribution in [3.8, 4) is 0 Å². The van der Waals surface area contributed by atoms with E-state index in [1.54, 1.807) is 0 Å². The van der Waals surface area contributed by atoms with Crippen LogP contribution in [-0.2, 0) is 0 Å². The number of halogens is 1. The molecule has 5 heteroatoms. The van der Waals surface area contributed by atoms with Gasteiger partial charge in [-0.1, -0.05) is 11.6 Å². The molecule has 1 N–H and O–H groups in total. The molecule has 0 fully saturated rings. The van der Waals surface area contributed by atoms with Crippen molar-refractivity contribution < 1.29 is 0 Å². The van der Waals surface area contributed by atoms with Gasteiger partial charge in [-0.3, -0.25) is 4.79 Å².